The minimum Gasteiger partial charge on any atom is -0.492 e. The van der Waals surface area contributed by atoms with Gasteiger partial charge in [0.15, 0.2) is 11.2 Å². The van der Waals surface area contributed by atoms with E-state index in [-0.39, 0.29) is 5.60 Å². The number of nitrogens with zero attached hydrogens (tertiary/aromatic N) is 6. The lowest BCUT2D eigenvalue weighted by atomic mass is 10.1. The summed E-state index contributed by atoms with van der Waals surface area (Å²) >= 11 is 6.86. The van der Waals surface area contributed by atoms with E-state index in [9.17, 15) is 0 Å². The van der Waals surface area contributed by atoms with Crippen molar-refractivity contribution in [2.75, 3.05) is 46.4 Å². The molecule has 2 aliphatic rings. The summed E-state index contributed by atoms with van der Waals surface area (Å²) in [5.41, 5.74) is 3.32. The Labute approximate surface area is 234 Å². The number of rotatable bonds is 10. The van der Waals surface area contributed by atoms with Crippen LogP contribution >= 0.6 is 11.6 Å². The maximum atomic E-state index is 6.86. The largest absolute Gasteiger partial charge is 0.492 e. The third-order valence-electron chi connectivity index (χ3n) is 7.72. The van der Waals surface area contributed by atoms with Crippen LogP contribution in [0.4, 0.5) is 0 Å². The molecule has 1 aliphatic heterocycles. The summed E-state index contributed by atoms with van der Waals surface area (Å²) in [6.07, 6.45) is 4.43. The van der Waals surface area contributed by atoms with Gasteiger partial charge in [-0.3, -0.25) is 4.90 Å². The van der Waals surface area contributed by atoms with Crippen molar-refractivity contribution in [2.45, 2.75) is 38.3 Å². The van der Waals surface area contributed by atoms with Crippen molar-refractivity contribution in [1.29, 1.82) is 0 Å². The number of halogens is 1. The van der Waals surface area contributed by atoms with Crippen LogP contribution in [0.1, 0.15) is 25.3 Å². The van der Waals surface area contributed by atoms with Crippen molar-refractivity contribution in [3.8, 4) is 23.0 Å². The lowest BCUT2D eigenvalue weighted by Crippen LogP contribution is -2.45. The summed E-state index contributed by atoms with van der Waals surface area (Å²) in [5.74, 6) is 2.04. The summed E-state index contributed by atoms with van der Waals surface area (Å²) < 4.78 is 14.5. The fraction of sp³-hybridized carbons (Fsp3) is 0.433. The average Bonchev–Trinajstić information content (AvgIpc) is 3.55. The first-order chi connectivity index (χ1) is 19.0. The van der Waals surface area contributed by atoms with Crippen LogP contribution in [0.2, 0.25) is 5.02 Å². The van der Waals surface area contributed by atoms with Gasteiger partial charge in [0.05, 0.1) is 5.02 Å². The zero-order valence-electron chi connectivity index (χ0n) is 22.6. The van der Waals surface area contributed by atoms with E-state index in [2.05, 4.69) is 62.6 Å². The summed E-state index contributed by atoms with van der Waals surface area (Å²) in [5, 5.41) is 0.591. The van der Waals surface area contributed by atoms with Gasteiger partial charge in [-0.15, -0.1) is 0 Å². The van der Waals surface area contributed by atoms with Crippen LogP contribution in [0.25, 0.3) is 22.6 Å². The number of hydrogen-bond acceptors (Lipinski definition) is 7. The second-order valence-corrected chi connectivity index (χ2v) is 11.3. The van der Waals surface area contributed by atoms with Crippen LogP contribution in [0.15, 0.2) is 54.9 Å². The highest BCUT2D eigenvalue weighted by Gasteiger charge is 2.41. The molecule has 2 aromatic carbocycles. The normalized spacial score (nSPS) is 17.4. The molecular weight excluding hydrogens is 512 g/mol. The number of ether oxygens (including phenoxy) is 2. The number of benzene rings is 2. The Morgan fingerprint density at radius 2 is 1.77 bits per heavy atom. The Hall–Kier alpha value is -3.20. The fourth-order valence-corrected chi connectivity index (χ4v) is 5.19. The van der Waals surface area contributed by atoms with Crippen LogP contribution in [-0.4, -0.2) is 81.3 Å². The Kier molecular flexibility index (Phi) is 7.42. The second kappa shape index (κ2) is 11.1. The molecule has 0 atom stereocenters. The number of likely N-dealkylation sites (N-methyl/N-ethyl adjacent to an activating group) is 1. The lowest BCUT2D eigenvalue weighted by Gasteiger charge is -2.32. The third-order valence-corrected chi connectivity index (χ3v) is 8.03. The lowest BCUT2D eigenvalue weighted by molar-refractivity contribution is 0.134. The molecule has 1 saturated heterocycles. The van der Waals surface area contributed by atoms with E-state index < -0.39 is 0 Å². The first-order valence-electron chi connectivity index (χ1n) is 13.8. The molecule has 4 aromatic rings. The highest BCUT2D eigenvalue weighted by atomic mass is 35.5. The van der Waals surface area contributed by atoms with Crippen LogP contribution in [0.5, 0.6) is 11.6 Å². The molecule has 1 saturated carbocycles. The fourth-order valence-electron chi connectivity index (χ4n) is 4.94. The molecule has 2 fully saturated rings. The van der Waals surface area contributed by atoms with Crippen LogP contribution in [0, 0.1) is 0 Å². The molecule has 8 nitrogen and oxygen atoms in total. The van der Waals surface area contributed by atoms with Crippen molar-refractivity contribution in [3.63, 3.8) is 0 Å². The average molecular weight is 547 g/mol. The molecule has 0 N–H and O–H groups in total. The SMILES string of the molecule is CN1CCN(CCOc2ccc(-c3nc4c(OC5(C)CC5)ncnc4n3CCc3ccccc3)c(Cl)c2)CC1. The number of hydrogen-bond donors (Lipinski definition) is 0. The highest BCUT2D eigenvalue weighted by molar-refractivity contribution is 6.33. The highest BCUT2D eigenvalue weighted by Crippen LogP contribution is 2.41. The van der Waals surface area contributed by atoms with Gasteiger partial charge >= 0.3 is 0 Å². The Bertz CT molecular complexity index is 1430. The maximum Gasteiger partial charge on any atom is 0.245 e. The second-order valence-electron chi connectivity index (χ2n) is 10.9. The topological polar surface area (TPSA) is 68.5 Å². The molecule has 0 unspecified atom stereocenters. The minimum atomic E-state index is -0.171. The number of aromatic nitrogens is 4. The van der Waals surface area contributed by atoms with E-state index in [0.29, 0.717) is 29.6 Å². The molecule has 9 heteroatoms. The standard InChI is InChI=1S/C30H35ClN6O2/c1-30(11-12-30)39-29-26-28(32-21-33-29)37(13-10-22-6-4-3-5-7-22)27(34-26)24-9-8-23(20-25(24)31)38-19-18-36-16-14-35(2)15-17-36/h3-9,20-21H,10-19H2,1-2H3. The maximum absolute atomic E-state index is 6.86. The molecule has 0 bridgehead atoms. The molecule has 3 heterocycles. The van der Waals surface area contributed by atoms with Crippen LogP contribution < -0.4 is 9.47 Å². The molecule has 0 spiro atoms. The van der Waals surface area contributed by atoms with E-state index in [0.717, 1.165) is 74.8 Å². The zero-order chi connectivity index (χ0) is 26.8. The molecule has 0 radical (unpaired) electrons. The zero-order valence-corrected chi connectivity index (χ0v) is 23.4. The van der Waals surface area contributed by atoms with Gasteiger partial charge in [-0.2, -0.15) is 4.98 Å². The van der Waals surface area contributed by atoms with Crippen molar-refractivity contribution in [2.24, 2.45) is 0 Å². The van der Waals surface area contributed by atoms with Crippen molar-refractivity contribution in [3.05, 3.63) is 65.4 Å². The van der Waals surface area contributed by atoms with Crippen molar-refractivity contribution >= 4 is 22.8 Å². The van der Waals surface area contributed by atoms with Gasteiger partial charge < -0.3 is 18.9 Å². The van der Waals surface area contributed by atoms with Gasteiger partial charge in [0.2, 0.25) is 5.88 Å². The van der Waals surface area contributed by atoms with Crippen molar-refractivity contribution in [1.82, 2.24) is 29.3 Å². The summed E-state index contributed by atoms with van der Waals surface area (Å²) in [6.45, 7) is 8.69. The molecular formula is C30H35ClN6O2. The van der Waals surface area contributed by atoms with Crippen LogP contribution in [0.3, 0.4) is 0 Å². The summed E-state index contributed by atoms with van der Waals surface area (Å²) in [7, 11) is 2.17. The van der Waals surface area contributed by atoms with Crippen LogP contribution in [-0.2, 0) is 13.0 Å². The van der Waals surface area contributed by atoms with Crippen molar-refractivity contribution < 1.29 is 9.47 Å². The molecule has 39 heavy (non-hydrogen) atoms. The van der Waals surface area contributed by atoms with E-state index in [1.54, 1.807) is 6.33 Å². The summed E-state index contributed by atoms with van der Waals surface area (Å²) in [6, 6.07) is 16.3. The van der Waals surface area contributed by atoms with E-state index >= 15 is 0 Å². The van der Waals surface area contributed by atoms with Gasteiger partial charge in [0.25, 0.3) is 0 Å². The van der Waals surface area contributed by atoms with E-state index in [4.69, 9.17) is 26.1 Å². The smallest absolute Gasteiger partial charge is 0.245 e. The summed E-state index contributed by atoms with van der Waals surface area (Å²) in [4.78, 5) is 18.9. The molecule has 6 rings (SSSR count). The Balaban J connectivity index is 1.26. The third kappa shape index (κ3) is 6.03. The number of piperazine rings is 1. The van der Waals surface area contributed by atoms with E-state index in [1.165, 1.54) is 5.56 Å². The van der Waals surface area contributed by atoms with E-state index in [1.807, 2.05) is 24.3 Å². The first-order valence-corrected chi connectivity index (χ1v) is 14.1. The quantitative estimate of drug-likeness (QED) is 0.279. The number of aryl methyl sites for hydroxylation is 2. The first kappa shape index (κ1) is 26.0. The van der Waals surface area contributed by atoms with Gasteiger partial charge in [-0.25, -0.2) is 9.97 Å². The monoisotopic (exact) mass is 546 g/mol. The Morgan fingerprint density at radius 3 is 2.51 bits per heavy atom. The van der Waals surface area contributed by atoms with Gasteiger partial charge in [0, 0.05) is 44.8 Å². The van der Waals surface area contributed by atoms with Gasteiger partial charge in [0.1, 0.15) is 30.1 Å². The minimum absolute atomic E-state index is 0.171. The predicted molar refractivity (Wildman–Crippen MR) is 154 cm³/mol. The molecule has 0 amide bonds. The molecule has 1 aliphatic carbocycles. The van der Waals surface area contributed by atoms with Gasteiger partial charge in [-0.05, 0) is 57.0 Å². The van der Waals surface area contributed by atoms with Gasteiger partial charge in [-0.1, -0.05) is 41.9 Å². The predicted octanol–water partition coefficient (Wildman–Crippen LogP) is 4.95. The number of imidazole rings is 1. The molecule has 204 valence electrons. The number of fused-ring (bicyclic) bond motifs is 1. The molecule has 2 aromatic heterocycles. The Morgan fingerprint density at radius 1 is 0.974 bits per heavy atom.